The number of fused-ring (bicyclic) bond motifs is 1. The molecular weight excluding hydrogens is 432 g/mol. The molecule has 178 valence electrons. The van der Waals surface area contributed by atoms with Gasteiger partial charge in [-0.05, 0) is 31.5 Å². The van der Waals surface area contributed by atoms with E-state index >= 15 is 0 Å². The SMILES string of the molecule is CCCC#Cc1ccc2c(c1)O[C@@H](CN(C)C(=O)COC)[C@H](C)CN([C@H](C)CO)S2(=O)=O. The van der Waals surface area contributed by atoms with Crippen LogP contribution < -0.4 is 4.74 Å². The van der Waals surface area contributed by atoms with Crippen LogP contribution in [0.3, 0.4) is 0 Å². The second kappa shape index (κ2) is 11.7. The number of ether oxygens (including phenoxy) is 2. The molecule has 9 heteroatoms. The third-order valence-electron chi connectivity index (χ3n) is 5.42. The Bertz CT molecular complexity index is 953. The molecule has 2 rings (SSSR count). The zero-order valence-electron chi connectivity index (χ0n) is 19.5. The maximum Gasteiger partial charge on any atom is 0.248 e. The lowest BCUT2D eigenvalue weighted by molar-refractivity contribution is -0.135. The molecule has 1 amide bonds. The molecule has 1 aromatic carbocycles. The zero-order chi connectivity index (χ0) is 23.9. The van der Waals surface area contributed by atoms with Gasteiger partial charge in [0.25, 0.3) is 0 Å². The summed E-state index contributed by atoms with van der Waals surface area (Å²) < 4.78 is 39.3. The normalized spacial score (nSPS) is 21.2. The van der Waals surface area contributed by atoms with Crippen molar-refractivity contribution in [2.24, 2.45) is 5.92 Å². The molecule has 0 unspecified atom stereocenters. The summed E-state index contributed by atoms with van der Waals surface area (Å²) in [6.45, 7) is 5.64. The van der Waals surface area contributed by atoms with Crippen molar-refractivity contribution in [3.63, 3.8) is 0 Å². The lowest BCUT2D eigenvalue weighted by atomic mass is 10.0. The minimum Gasteiger partial charge on any atom is -0.487 e. The smallest absolute Gasteiger partial charge is 0.248 e. The maximum absolute atomic E-state index is 13.4. The highest BCUT2D eigenvalue weighted by molar-refractivity contribution is 7.89. The molecule has 32 heavy (non-hydrogen) atoms. The first-order valence-electron chi connectivity index (χ1n) is 10.8. The summed E-state index contributed by atoms with van der Waals surface area (Å²) in [5, 5.41) is 9.70. The summed E-state index contributed by atoms with van der Waals surface area (Å²) in [6.07, 6.45) is 1.20. The number of nitrogens with zero attached hydrogens (tertiary/aromatic N) is 2. The minimum atomic E-state index is -3.91. The van der Waals surface area contributed by atoms with Crippen molar-refractivity contribution in [2.45, 2.75) is 50.7 Å². The number of carbonyl (C=O) groups is 1. The van der Waals surface area contributed by atoms with Crippen molar-refractivity contribution >= 4 is 15.9 Å². The van der Waals surface area contributed by atoms with Crippen LogP contribution in [0.2, 0.25) is 0 Å². The molecule has 1 aliphatic rings. The average Bonchev–Trinajstić information content (AvgIpc) is 2.75. The number of benzene rings is 1. The number of amides is 1. The van der Waals surface area contributed by atoms with Gasteiger partial charge in [-0.3, -0.25) is 4.79 Å². The first kappa shape index (κ1) is 26.1. The first-order valence-corrected chi connectivity index (χ1v) is 12.2. The van der Waals surface area contributed by atoms with Crippen molar-refractivity contribution in [3.05, 3.63) is 23.8 Å². The molecule has 1 N–H and O–H groups in total. The summed E-state index contributed by atoms with van der Waals surface area (Å²) in [5.74, 6) is 5.86. The lowest BCUT2D eigenvalue weighted by Gasteiger charge is -2.37. The Labute approximate surface area is 191 Å². The highest BCUT2D eigenvalue weighted by Gasteiger charge is 2.38. The standard InChI is InChI=1S/C23H34N2O6S/c1-6-7-8-9-19-10-11-22-20(12-19)31-21(14-24(4)23(27)16-30-5)17(2)13-25(18(3)15-26)32(22,28)29/h10-12,17-18,21,26H,6-7,13-16H2,1-5H3/t17-,18-,21+/m1/s1. The van der Waals surface area contributed by atoms with E-state index in [0.29, 0.717) is 5.56 Å². The van der Waals surface area contributed by atoms with Crippen LogP contribution in [0.5, 0.6) is 5.75 Å². The minimum absolute atomic E-state index is 0.0293. The van der Waals surface area contributed by atoms with Gasteiger partial charge in [-0.1, -0.05) is 25.7 Å². The Morgan fingerprint density at radius 1 is 1.44 bits per heavy atom. The van der Waals surface area contributed by atoms with Crippen molar-refractivity contribution in [1.29, 1.82) is 0 Å². The number of likely N-dealkylation sites (N-methyl/N-ethyl adjacent to an activating group) is 1. The Hall–Kier alpha value is -2.12. The predicted octanol–water partition coefficient (Wildman–Crippen LogP) is 1.71. The molecule has 0 aromatic heterocycles. The Balaban J connectivity index is 2.52. The molecule has 1 aromatic rings. The van der Waals surface area contributed by atoms with Gasteiger partial charge in [0.05, 0.1) is 13.2 Å². The van der Waals surface area contributed by atoms with Crippen LogP contribution in [0.25, 0.3) is 0 Å². The van der Waals surface area contributed by atoms with Gasteiger partial charge in [0.1, 0.15) is 23.4 Å². The molecule has 3 atom stereocenters. The van der Waals surface area contributed by atoms with Crippen LogP contribution in [0.4, 0.5) is 0 Å². The Morgan fingerprint density at radius 3 is 2.78 bits per heavy atom. The third-order valence-corrected chi connectivity index (χ3v) is 7.44. The molecular formula is C23H34N2O6S. The van der Waals surface area contributed by atoms with E-state index in [1.165, 1.54) is 22.4 Å². The molecule has 0 saturated carbocycles. The van der Waals surface area contributed by atoms with Crippen LogP contribution in [0.1, 0.15) is 39.2 Å². The number of aliphatic hydroxyl groups excluding tert-OH is 1. The van der Waals surface area contributed by atoms with Crippen molar-refractivity contribution in [2.75, 3.05) is 40.5 Å². The fourth-order valence-corrected chi connectivity index (χ4v) is 5.24. The molecule has 1 heterocycles. The van der Waals surface area contributed by atoms with Crippen LogP contribution in [-0.2, 0) is 19.6 Å². The van der Waals surface area contributed by atoms with Gasteiger partial charge in [0.2, 0.25) is 15.9 Å². The van der Waals surface area contributed by atoms with E-state index in [9.17, 15) is 18.3 Å². The molecule has 0 bridgehead atoms. The molecule has 0 saturated heterocycles. The number of aliphatic hydroxyl groups is 1. The van der Waals surface area contributed by atoms with E-state index in [4.69, 9.17) is 9.47 Å². The Kier molecular flexibility index (Phi) is 9.52. The van der Waals surface area contributed by atoms with Crippen LogP contribution in [0.15, 0.2) is 23.1 Å². The van der Waals surface area contributed by atoms with Crippen LogP contribution in [0, 0.1) is 17.8 Å². The second-order valence-corrected chi connectivity index (χ2v) is 10.0. The van der Waals surface area contributed by atoms with Gasteiger partial charge in [0, 0.05) is 44.6 Å². The quantitative estimate of drug-likeness (QED) is 0.615. The van der Waals surface area contributed by atoms with Crippen molar-refractivity contribution in [1.82, 2.24) is 9.21 Å². The van der Waals surface area contributed by atoms with Gasteiger partial charge in [-0.15, -0.1) is 0 Å². The van der Waals surface area contributed by atoms with E-state index in [-0.39, 0.29) is 48.8 Å². The molecule has 1 aliphatic heterocycles. The molecule has 0 aliphatic carbocycles. The fraction of sp³-hybridized carbons (Fsp3) is 0.609. The topological polar surface area (TPSA) is 96.4 Å². The summed E-state index contributed by atoms with van der Waals surface area (Å²) >= 11 is 0. The molecule has 0 fully saturated rings. The average molecular weight is 467 g/mol. The largest absolute Gasteiger partial charge is 0.487 e. The number of rotatable bonds is 7. The number of methoxy groups -OCH3 is 1. The van der Waals surface area contributed by atoms with E-state index in [1.54, 1.807) is 26.1 Å². The Morgan fingerprint density at radius 2 is 2.16 bits per heavy atom. The van der Waals surface area contributed by atoms with Gasteiger partial charge in [-0.2, -0.15) is 4.31 Å². The monoisotopic (exact) mass is 466 g/mol. The van der Waals surface area contributed by atoms with Crippen LogP contribution in [-0.4, -0.2) is 81.2 Å². The summed E-state index contributed by atoms with van der Waals surface area (Å²) in [6, 6.07) is 4.20. The maximum atomic E-state index is 13.4. The van der Waals surface area contributed by atoms with Crippen molar-refractivity contribution in [3.8, 4) is 17.6 Å². The second-order valence-electron chi connectivity index (χ2n) is 8.16. The highest BCUT2D eigenvalue weighted by atomic mass is 32.2. The summed E-state index contributed by atoms with van der Waals surface area (Å²) in [7, 11) is -0.789. The summed E-state index contributed by atoms with van der Waals surface area (Å²) in [5.41, 5.74) is 0.657. The number of carbonyl (C=O) groups excluding carboxylic acids is 1. The fourth-order valence-electron chi connectivity index (χ4n) is 3.42. The van der Waals surface area contributed by atoms with Gasteiger partial charge in [0.15, 0.2) is 0 Å². The predicted molar refractivity (Wildman–Crippen MR) is 122 cm³/mol. The van der Waals surface area contributed by atoms with E-state index in [0.717, 1.165) is 12.8 Å². The lowest BCUT2D eigenvalue weighted by Crippen LogP contribution is -2.50. The molecule has 8 nitrogen and oxygen atoms in total. The number of sulfonamides is 1. The number of unbranched alkanes of at least 4 members (excludes halogenated alkanes) is 1. The van der Waals surface area contributed by atoms with Gasteiger partial charge >= 0.3 is 0 Å². The van der Waals surface area contributed by atoms with E-state index in [2.05, 4.69) is 11.8 Å². The zero-order valence-corrected chi connectivity index (χ0v) is 20.3. The van der Waals surface area contributed by atoms with Gasteiger partial charge in [-0.25, -0.2) is 8.42 Å². The third kappa shape index (κ3) is 6.23. The van der Waals surface area contributed by atoms with E-state index in [1.807, 2.05) is 13.8 Å². The van der Waals surface area contributed by atoms with Crippen molar-refractivity contribution < 1.29 is 27.8 Å². The number of hydrogen-bond acceptors (Lipinski definition) is 6. The van der Waals surface area contributed by atoms with Gasteiger partial charge < -0.3 is 19.5 Å². The molecule has 0 spiro atoms. The number of hydrogen-bond donors (Lipinski definition) is 1. The summed E-state index contributed by atoms with van der Waals surface area (Å²) in [4.78, 5) is 13.8. The molecule has 0 radical (unpaired) electrons. The first-order chi connectivity index (χ1) is 15.1. The van der Waals surface area contributed by atoms with Crippen LogP contribution >= 0.6 is 0 Å². The van der Waals surface area contributed by atoms with E-state index < -0.39 is 22.2 Å². The highest BCUT2D eigenvalue weighted by Crippen LogP contribution is 2.34.